The lowest BCUT2D eigenvalue weighted by Gasteiger charge is -2.17. The van der Waals surface area contributed by atoms with Crippen LogP contribution in [0.25, 0.3) is 10.9 Å². The molecule has 0 unspecified atom stereocenters. The van der Waals surface area contributed by atoms with E-state index in [0.29, 0.717) is 11.1 Å². The molecule has 0 aliphatic rings. The molecule has 0 fully saturated rings. The predicted octanol–water partition coefficient (Wildman–Crippen LogP) is 2.50. The number of pyridine rings is 1. The fourth-order valence-electron chi connectivity index (χ4n) is 2.67. The first-order valence-corrected chi connectivity index (χ1v) is 7.58. The van der Waals surface area contributed by atoms with Crippen molar-refractivity contribution >= 4 is 22.7 Å². The number of rotatable bonds is 4. The molecule has 0 aliphatic carbocycles. The van der Waals surface area contributed by atoms with Crippen molar-refractivity contribution < 1.29 is 9.59 Å². The monoisotopic (exact) mass is 319 g/mol. The molecule has 0 spiro atoms. The summed E-state index contributed by atoms with van der Waals surface area (Å²) in [5.41, 5.74) is 8.06. The number of carbonyl (C=O) groups excluding carboxylic acids is 2. The standard InChI is InChI=1S/C19H17N3O2/c1-12-11-15(14-9-5-6-10-16(14)21-12)19(24)22-17(18(20)23)13-7-3-2-4-8-13/h2-11,17H,1H3,(H2,20,23)(H,22,24)/t17-/m1/s1. The van der Waals surface area contributed by atoms with E-state index in [9.17, 15) is 9.59 Å². The molecule has 5 nitrogen and oxygen atoms in total. The predicted molar refractivity (Wildman–Crippen MR) is 92.3 cm³/mol. The second-order valence-electron chi connectivity index (χ2n) is 5.55. The molecule has 1 heterocycles. The molecule has 3 N–H and O–H groups in total. The number of fused-ring (bicyclic) bond motifs is 1. The summed E-state index contributed by atoms with van der Waals surface area (Å²) in [6.07, 6.45) is 0. The third-order valence-electron chi connectivity index (χ3n) is 3.78. The summed E-state index contributed by atoms with van der Waals surface area (Å²) in [4.78, 5) is 29.0. The van der Waals surface area contributed by atoms with E-state index in [1.807, 2.05) is 37.3 Å². The lowest BCUT2D eigenvalue weighted by atomic mass is 10.0. The molecular weight excluding hydrogens is 302 g/mol. The summed E-state index contributed by atoms with van der Waals surface area (Å²) in [6.45, 7) is 1.83. The van der Waals surface area contributed by atoms with Crippen molar-refractivity contribution in [1.82, 2.24) is 10.3 Å². The van der Waals surface area contributed by atoms with Gasteiger partial charge >= 0.3 is 0 Å². The Morgan fingerprint density at radius 3 is 2.42 bits per heavy atom. The van der Waals surface area contributed by atoms with Crippen LogP contribution < -0.4 is 11.1 Å². The number of nitrogens with zero attached hydrogens (tertiary/aromatic N) is 1. The molecule has 1 aromatic heterocycles. The zero-order valence-corrected chi connectivity index (χ0v) is 13.2. The average molecular weight is 319 g/mol. The molecule has 0 aliphatic heterocycles. The van der Waals surface area contributed by atoms with Gasteiger partial charge in [-0.05, 0) is 24.6 Å². The summed E-state index contributed by atoms with van der Waals surface area (Å²) >= 11 is 0. The summed E-state index contributed by atoms with van der Waals surface area (Å²) in [5, 5.41) is 3.46. The Morgan fingerprint density at radius 2 is 1.71 bits per heavy atom. The number of para-hydroxylation sites is 1. The largest absolute Gasteiger partial charge is 0.368 e. The van der Waals surface area contributed by atoms with Gasteiger partial charge in [-0.15, -0.1) is 0 Å². The van der Waals surface area contributed by atoms with Crippen molar-refractivity contribution in [2.75, 3.05) is 0 Å². The molecule has 0 saturated carbocycles. The topological polar surface area (TPSA) is 85.1 Å². The van der Waals surface area contributed by atoms with Gasteiger partial charge in [-0.25, -0.2) is 0 Å². The Morgan fingerprint density at radius 1 is 1.04 bits per heavy atom. The van der Waals surface area contributed by atoms with E-state index in [1.54, 1.807) is 30.3 Å². The molecule has 24 heavy (non-hydrogen) atoms. The summed E-state index contributed by atoms with van der Waals surface area (Å²) in [5.74, 6) is -0.964. The molecule has 1 atom stereocenters. The summed E-state index contributed by atoms with van der Waals surface area (Å²) in [7, 11) is 0. The molecule has 120 valence electrons. The van der Waals surface area contributed by atoms with Gasteiger partial charge in [-0.2, -0.15) is 0 Å². The SMILES string of the molecule is Cc1cc(C(=O)N[C@@H](C(N)=O)c2ccccc2)c2ccccc2n1. The van der Waals surface area contributed by atoms with Gasteiger partial charge in [0, 0.05) is 11.1 Å². The Hall–Kier alpha value is -3.21. The fourth-order valence-corrected chi connectivity index (χ4v) is 2.67. The molecule has 3 aromatic rings. The van der Waals surface area contributed by atoms with Crippen LogP contribution in [0.1, 0.15) is 27.7 Å². The van der Waals surface area contributed by atoms with E-state index in [4.69, 9.17) is 5.73 Å². The normalized spacial score (nSPS) is 11.9. The van der Waals surface area contributed by atoms with Crippen LogP contribution in [-0.2, 0) is 4.79 Å². The van der Waals surface area contributed by atoms with E-state index in [1.165, 1.54) is 0 Å². The third kappa shape index (κ3) is 3.10. The molecule has 2 aromatic carbocycles. The number of aryl methyl sites for hydroxylation is 1. The number of benzene rings is 2. The summed E-state index contributed by atoms with van der Waals surface area (Å²) < 4.78 is 0. The van der Waals surface area contributed by atoms with Gasteiger partial charge in [0.15, 0.2) is 0 Å². The molecule has 5 heteroatoms. The highest BCUT2D eigenvalue weighted by atomic mass is 16.2. The Labute approximate surface area is 139 Å². The lowest BCUT2D eigenvalue weighted by molar-refractivity contribution is -0.120. The Kier molecular flexibility index (Phi) is 4.24. The third-order valence-corrected chi connectivity index (χ3v) is 3.78. The first kappa shape index (κ1) is 15.7. The van der Waals surface area contributed by atoms with Gasteiger partial charge in [0.2, 0.25) is 5.91 Å². The number of carbonyl (C=O) groups is 2. The Balaban J connectivity index is 1.99. The fraction of sp³-hybridized carbons (Fsp3) is 0.105. The molecule has 0 bridgehead atoms. The lowest BCUT2D eigenvalue weighted by Crippen LogP contribution is -2.37. The second kappa shape index (κ2) is 6.50. The van der Waals surface area contributed by atoms with E-state index in [2.05, 4.69) is 10.3 Å². The van der Waals surface area contributed by atoms with E-state index in [-0.39, 0.29) is 5.91 Å². The highest BCUT2D eigenvalue weighted by Gasteiger charge is 2.22. The van der Waals surface area contributed by atoms with Crippen molar-refractivity contribution in [3.63, 3.8) is 0 Å². The zero-order valence-electron chi connectivity index (χ0n) is 13.2. The van der Waals surface area contributed by atoms with Crippen molar-refractivity contribution in [1.29, 1.82) is 0 Å². The molecule has 2 amide bonds. The average Bonchev–Trinajstić information content (AvgIpc) is 2.59. The van der Waals surface area contributed by atoms with Crippen LogP contribution in [0.3, 0.4) is 0 Å². The van der Waals surface area contributed by atoms with Gasteiger partial charge in [-0.3, -0.25) is 14.6 Å². The first-order chi connectivity index (χ1) is 11.6. The minimum Gasteiger partial charge on any atom is -0.368 e. The van der Waals surface area contributed by atoms with Crippen LogP contribution in [0.4, 0.5) is 0 Å². The van der Waals surface area contributed by atoms with Gasteiger partial charge in [-0.1, -0.05) is 48.5 Å². The number of hydrogen-bond donors (Lipinski definition) is 2. The van der Waals surface area contributed by atoms with Crippen LogP contribution in [0.2, 0.25) is 0 Å². The van der Waals surface area contributed by atoms with Gasteiger partial charge in [0.05, 0.1) is 11.1 Å². The quantitative estimate of drug-likeness (QED) is 0.775. The van der Waals surface area contributed by atoms with Crippen LogP contribution in [-0.4, -0.2) is 16.8 Å². The first-order valence-electron chi connectivity index (χ1n) is 7.58. The number of nitrogens with two attached hydrogens (primary N) is 1. The zero-order chi connectivity index (χ0) is 17.1. The Bertz CT molecular complexity index is 907. The molecular formula is C19H17N3O2. The van der Waals surface area contributed by atoms with Crippen LogP contribution in [0.5, 0.6) is 0 Å². The second-order valence-corrected chi connectivity index (χ2v) is 5.55. The number of primary amides is 1. The van der Waals surface area contributed by atoms with Gasteiger partial charge in [0.1, 0.15) is 6.04 Å². The van der Waals surface area contributed by atoms with E-state index < -0.39 is 11.9 Å². The molecule has 0 radical (unpaired) electrons. The summed E-state index contributed by atoms with van der Waals surface area (Å²) in [6, 6.07) is 17.2. The van der Waals surface area contributed by atoms with Gasteiger partial charge < -0.3 is 11.1 Å². The van der Waals surface area contributed by atoms with Crippen LogP contribution in [0.15, 0.2) is 60.7 Å². The van der Waals surface area contributed by atoms with Crippen molar-refractivity contribution in [2.24, 2.45) is 5.73 Å². The smallest absolute Gasteiger partial charge is 0.252 e. The number of aromatic nitrogens is 1. The highest BCUT2D eigenvalue weighted by molar-refractivity contribution is 6.07. The van der Waals surface area contributed by atoms with Crippen molar-refractivity contribution in [2.45, 2.75) is 13.0 Å². The molecule has 0 saturated heterocycles. The number of amides is 2. The van der Waals surface area contributed by atoms with Crippen LogP contribution in [0, 0.1) is 6.92 Å². The maximum absolute atomic E-state index is 12.8. The maximum Gasteiger partial charge on any atom is 0.252 e. The highest BCUT2D eigenvalue weighted by Crippen LogP contribution is 2.20. The van der Waals surface area contributed by atoms with Crippen molar-refractivity contribution in [3.05, 3.63) is 77.5 Å². The van der Waals surface area contributed by atoms with Gasteiger partial charge in [0.25, 0.3) is 5.91 Å². The van der Waals surface area contributed by atoms with Crippen molar-refractivity contribution in [3.8, 4) is 0 Å². The molecule has 3 rings (SSSR count). The van der Waals surface area contributed by atoms with E-state index in [0.717, 1.165) is 16.6 Å². The number of nitrogens with one attached hydrogen (secondary N) is 1. The van der Waals surface area contributed by atoms with E-state index >= 15 is 0 Å². The number of hydrogen-bond acceptors (Lipinski definition) is 3. The minimum atomic E-state index is -0.883. The maximum atomic E-state index is 12.8. The van der Waals surface area contributed by atoms with Crippen LogP contribution >= 0.6 is 0 Å². The minimum absolute atomic E-state index is 0.357.